The molecule has 1 atom stereocenters. The predicted molar refractivity (Wildman–Crippen MR) is 80.8 cm³/mol. The Kier molecular flexibility index (Phi) is 5.88. The fourth-order valence-corrected chi connectivity index (χ4v) is 2.81. The minimum Gasteiger partial charge on any atom is -0.369 e. The first-order valence-electron chi connectivity index (χ1n) is 7.75. The Balaban J connectivity index is 1.76. The van der Waals surface area contributed by atoms with E-state index in [9.17, 15) is 9.59 Å². The number of aromatic nitrogens is 3. The van der Waals surface area contributed by atoms with Gasteiger partial charge < -0.3 is 15.6 Å². The SMILES string of the molecule is CCn1cnnc1CCNC(=O)[C@@H]1CCCN(CC(N)=O)C1. The van der Waals surface area contributed by atoms with Crippen molar-refractivity contribution < 1.29 is 9.59 Å². The molecule has 1 aromatic rings. The molecule has 2 rings (SSSR count). The average molecular weight is 308 g/mol. The van der Waals surface area contributed by atoms with Gasteiger partial charge in [-0.2, -0.15) is 0 Å². The third kappa shape index (κ3) is 4.52. The fourth-order valence-electron chi connectivity index (χ4n) is 2.81. The van der Waals surface area contributed by atoms with Crippen LogP contribution in [0.5, 0.6) is 0 Å². The molecular weight excluding hydrogens is 284 g/mol. The number of likely N-dealkylation sites (tertiary alicyclic amines) is 1. The molecule has 1 aliphatic heterocycles. The zero-order valence-electron chi connectivity index (χ0n) is 13.0. The van der Waals surface area contributed by atoms with Gasteiger partial charge in [0.1, 0.15) is 12.2 Å². The van der Waals surface area contributed by atoms with Crippen LogP contribution in [-0.2, 0) is 22.6 Å². The first kappa shape index (κ1) is 16.4. The molecule has 1 fully saturated rings. The van der Waals surface area contributed by atoms with E-state index in [2.05, 4.69) is 15.5 Å². The number of piperidine rings is 1. The smallest absolute Gasteiger partial charge is 0.231 e. The summed E-state index contributed by atoms with van der Waals surface area (Å²) in [4.78, 5) is 25.1. The fraction of sp³-hybridized carbons (Fsp3) is 0.714. The summed E-state index contributed by atoms with van der Waals surface area (Å²) in [5.41, 5.74) is 5.21. The van der Waals surface area contributed by atoms with Gasteiger partial charge in [0.05, 0.1) is 12.5 Å². The normalized spacial score (nSPS) is 19.0. The lowest BCUT2D eigenvalue weighted by Gasteiger charge is -2.30. The summed E-state index contributed by atoms with van der Waals surface area (Å²) in [7, 11) is 0. The van der Waals surface area contributed by atoms with Crippen LogP contribution in [0.4, 0.5) is 0 Å². The van der Waals surface area contributed by atoms with Gasteiger partial charge in [0, 0.05) is 26.1 Å². The van der Waals surface area contributed by atoms with Crippen molar-refractivity contribution in [1.29, 1.82) is 0 Å². The average Bonchev–Trinajstić information content (AvgIpc) is 2.94. The summed E-state index contributed by atoms with van der Waals surface area (Å²) in [5, 5.41) is 10.9. The maximum absolute atomic E-state index is 12.2. The van der Waals surface area contributed by atoms with Crippen molar-refractivity contribution in [3.05, 3.63) is 12.2 Å². The Bertz CT molecular complexity index is 515. The zero-order chi connectivity index (χ0) is 15.9. The number of hydrogen-bond acceptors (Lipinski definition) is 5. The van der Waals surface area contributed by atoms with Gasteiger partial charge in [-0.15, -0.1) is 10.2 Å². The number of nitrogens with zero attached hydrogens (tertiary/aromatic N) is 4. The lowest BCUT2D eigenvalue weighted by atomic mass is 9.97. The second-order valence-corrected chi connectivity index (χ2v) is 5.61. The summed E-state index contributed by atoms with van der Waals surface area (Å²) in [5.74, 6) is 0.496. The van der Waals surface area contributed by atoms with Gasteiger partial charge in [0.15, 0.2) is 0 Å². The molecule has 0 aliphatic carbocycles. The number of rotatable bonds is 7. The molecule has 1 aromatic heterocycles. The Morgan fingerprint density at radius 1 is 1.50 bits per heavy atom. The number of aryl methyl sites for hydroxylation is 1. The summed E-state index contributed by atoms with van der Waals surface area (Å²) in [6.07, 6.45) is 4.12. The molecule has 0 unspecified atom stereocenters. The van der Waals surface area contributed by atoms with Gasteiger partial charge in [-0.25, -0.2) is 0 Å². The molecule has 0 radical (unpaired) electrons. The van der Waals surface area contributed by atoms with E-state index < -0.39 is 0 Å². The van der Waals surface area contributed by atoms with E-state index in [1.807, 2.05) is 16.4 Å². The van der Waals surface area contributed by atoms with E-state index in [0.29, 0.717) is 19.5 Å². The van der Waals surface area contributed by atoms with Crippen molar-refractivity contribution in [1.82, 2.24) is 25.0 Å². The number of carbonyl (C=O) groups excluding carboxylic acids is 2. The Hall–Kier alpha value is -1.96. The van der Waals surface area contributed by atoms with Gasteiger partial charge in [0.2, 0.25) is 11.8 Å². The molecule has 22 heavy (non-hydrogen) atoms. The highest BCUT2D eigenvalue weighted by Crippen LogP contribution is 2.16. The Labute approximate surface area is 130 Å². The first-order chi connectivity index (χ1) is 10.6. The second-order valence-electron chi connectivity index (χ2n) is 5.61. The maximum atomic E-state index is 12.2. The third-order valence-corrected chi connectivity index (χ3v) is 3.94. The Morgan fingerprint density at radius 3 is 3.05 bits per heavy atom. The number of carbonyl (C=O) groups is 2. The van der Waals surface area contributed by atoms with Crippen molar-refractivity contribution in [3.63, 3.8) is 0 Å². The molecule has 122 valence electrons. The minimum atomic E-state index is -0.347. The van der Waals surface area contributed by atoms with Crippen molar-refractivity contribution in [2.45, 2.75) is 32.7 Å². The molecular formula is C14H24N6O2. The van der Waals surface area contributed by atoms with E-state index in [0.717, 1.165) is 31.8 Å². The van der Waals surface area contributed by atoms with Gasteiger partial charge in [-0.3, -0.25) is 14.5 Å². The second kappa shape index (κ2) is 7.88. The molecule has 2 heterocycles. The molecule has 0 aromatic carbocycles. The van der Waals surface area contributed by atoms with E-state index >= 15 is 0 Å². The van der Waals surface area contributed by atoms with Crippen LogP contribution in [0.15, 0.2) is 6.33 Å². The molecule has 0 saturated carbocycles. The lowest BCUT2D eigenvalue weighted by Crippen LogP contribution is -2.46. The van der Waals surface area contributed by atoms with Crippen LogP contribution < -0.4 is 11.1 Å². The highest BCUT2D eigenvalue weighted by Gasteiger charge is 2.26. The van der Waals surface area contributed by atoms with Crippen molar-refractivity contribution in [2.75, 3.05) is 26.2 Å². The third-order valence-electron chi connectivity index (χ3n) is 3.94. The molecule has 8 nitrogen and oxygen atoms in total. The number of amides is 2. The number of hydrogen-bond donors (Lipinski definition) is 2. The highest BCUT2D eigenvalue weighted by molar-refractivity contribution is 5.79. The summed E-state index contributed by atoms with van der Waals surface area (Å²) < 4.78 is 1.96. The van der Waals surface area contributed by atoms with E-state index in [1.165, 1.54) is 0 Å². The summed E-state index contributed by atoms with van der Waals surface area (Å²) >= 11 is 0. The molecule has 1 saturated heterocycles. The number of nitrogens with one attached hydrogen (secondary N) is 1. The first-order valence-corrected chi connectivity index (χ1v) is 7.75. The lowest BCUT2D eigenvalue weighted by molar-refractivity contribution is -0.128. The number of primary amides is 1. The zero-order valence-corrected chi connectivity index (χ0v) is 13.0. The maximum Gasteiger partial charge on any atom is 0.231 e. The Morgan fingerprint density at radius 2 is 2.32 bits per heavy atom. The van der Waals surface area contributed by atoms with Crippen molar-refractivity contribution >= 4 is 11.8 Å². The molecule has 2 amide bonds. The molecule has 8 heteroatoms. The molecule has 0 spiro atoms. The van der Waals surface area contributed by atoms with Crippen LogP contribution in [0.1, 0.15) is 25.6 Å². The minimum absolute atomic E-state index is 0.0386. The van der Waals surface area contributed by atoms with E-state index in [4.69, 9.17) is 5.73 Å². The van der Waals surface area contributed by atoms with Crippen LogP contribution >= 0.6 is 0 Å². The van der Waals surface area contributed by atoms with E-state index in [-0.39, 0.29) is 24.3 Å². The predicted octanol–water partition coefficient (Wildman–Crippen LogP) is -0.846. The van der Waals surface area contributed by atoms with Crippen LogP contribution in [0.25, 0.3) is 0 Å². The van der Waals surface area contributed by atoms with Crippen LogP contribution in [0, 0.1) is 5.92 Å². The van der Waals surface area contributed by atoms with Crippen molar-refractivity contribution in [3.8, 4) is 0 Å². The van der Waals surface area contributed by atoms with Crippen molar-refractivity contribution in [2.24, 2.45) is 11.7 Å². The largest absolute Gasteiger partial charge is 0.369 e. The van der Waals surface area contributed by atoms with Gasteiger partial charge in [-0.1, -0.05) is 0 Å². The van der Waals surface area contributed by atoms with Gasteiger partial charge in [0.25, 0.3) is 0 Å². The van der Waals surface area contributed by atoms with Crippen LogP contribution in [0.2, 0.25) is 0 Å². The topological polar surface area (TPSA) is 106 Å². The molecule has 0 bridgehead atoms. The van der Waals surface area contributed by atoms with Gasteiger partial charge in [-0.05, 0) is 26.3 Å². The van der Waals surface area contributed by atoms with Crippen LogP contribution in [-0.4, -0.2) is 57.7 Å². The quantitative estimate of drug-likeness (QED) is 0.683. The molecule has 3 N–H and O–H groups in total. The summed E-state index contributed by atoms with van der Waals surface area (Å²) in [6, 6.07) is 0. The summed E-state index contributed by atoms with van der Waals surface area (Å²) in [6.45, 7) is 5.04. The standard InChI is InChI=1S/C14H24N6O2/c1-2-20-10-17-18-13(20)5-6-16-14(22)11-4-3-7-19(8-11)9-12(15)21/h10-11H,2-9H2,1H3,(H2,15,21)(H,16,22)/t11-/m1/s1. The monoisotopic (exact) mass is 308 g/mol. The van der Waals surface area contributed by atoms with Gasteiger partial charge >= 0.3 is 0 Å². The number of nitrogens with two attached hydrogens (primary N) is 1. The van der Waals surface area contributed by atoms with E-state index in [1.54, 1.807) is 6.33 Å². The van der Waals surface area contributed by atoms with Crippen LogP contribution in [0.3, 0.4) is 0 Å². The molecule has 1 aliphatic rings. The highest BCUT2D eigenvalue weighted by atomic mass is 16.2.